The maximum Gasteiger partial charge on any atom is 0.360 e. The number of nitrogens with zero attached hydrogens (tertiary/aromatic N) is 1. The number of esters is 1. The largest absolute Gasteiger partial charge is 0.472 e. The number of hydrogen-bond acceptors (Lipinski definition) is 5. The minimum atomic E-state index is -0.709. The van der Waals surface area contributed by atoms with Crippen LogP contribution in [0, 0.1) is 0 Å². The number of rotatable bonds is 2. The summed E-state index contributed by atoms with van der Waals surface area (Å²) in [4.78, 5) is 10.9. The van der Waals surface area contributed by atoms with Crippen LogP contribution in [0.4, 0.5) is 0 Å². The fourth-order valence-electron chi connectivity index (χ4n) is 0.712. The van der Waals surface area contributed by atoms with Gasteiger partial charge in [-0.15, -0.1) is 0 Å². The van der Waals surface area contributed by atoms with Crippen LogP contribution < -0.4 is 0 Å². The second-order valence-electron chi connectivity index (χ2n) is 1.95. The number of furan rings is 1. The summed E-state index contributed by atoms with van der Waals surface area (Å²) >= 11 is 0. The van der Waals surface area contributed by atoms with E-state index in [1.54, 1.807) is 0 Å². The molecule has 0 saturated carbocycles. The predicted molar refractivity (Wildman–Crippen MR) is 39.0 cm³/mol. The molecule has 0 aliphatic heterocycles. The van der Waals surface area contributed by atoms with E-state index in [9.17, 15) is 4.79 Å². The van der Waals surface area contributed by atoms with Gasteiger partial charge in [0.2, 0.25) is 0 Å². The van der Waals surface area contributed by atoms with Crippen molar-refractivity contribution >= 4 is 11.7 Å². The molecular weight excluding hydrogens is 162 g/mol. The summed E-state index contributed by atoms with van der Waals surface area (Å²) in [5, 5.41) is 11.2. The lowest BCUT2D eigenvalue weighted by Gasteiger charge is -1.96. The molecule has 12 heavy (non-hydrogen) atoms. The van der Waals surface area contributed by atoms with Gasteiger partial charge in [-0.2, -0.15) is 0 Å². The smallest absolute Gasteiger partial charge is 0.360 e. The van der Waals surface area contributed by atoms with Gasteiger partial charge in [0.15, 0.2) is 5.71 Å². The maximum absolute atomic E-state index is 10.9. The summed E-state index contributed by atoms with van der Waals surface area (Å²) in [6.45, 7) is 0. The molecule has 0 fully saturated rings. The average Bonchev–Trinajstić information content (AvgIpc) is 2.58. The first-order valence-electron chi connectivity index (χ1n) is 3.12. The van der Waals surface area contributed by atoms with E-state index in [1.807, 2.05) is 0 Å². The second kappa shape index (κ2) is 3.56. The van der Waals surface area contributed by atoms with Gasteiger partial charge in [0.25, 0.3) is 0 Å². The van der Waals surface area contributed by atoms with E-state index >= 15 is 0 Å². The van der Waals surface area contributed by atoms with Crippen molar-refractivity contribution in [1.29, 1.82) is 0 Å². The van der Waals surface area contributed by atoms with Crippen LogP contribution in [0.3, 0.4) is 0 Å². The van der Waals surface area contributed by atoms with E-state index in [0.29, 0.717) is 5.56 Å². The summed E-state index contributed by atoms with van der Waals surface area (Å²) in [6, 6.07) is 1.49. The second-order valence-corrected chi connectivity index (χ2v) is 1.95. The Bertz CT molecular complexity index is 288. The van der Waals surface area contributed by atoms with Gasteiger partial charge in [0.1, 0.15) is 6.26 Å². The average molecular weight is 169 g/mol. The fraction of sp³-hybridized carbons (Fsp3) is 0.143. The van der Waals surface area contributed by atoms with Gasteiger partial charge >= 0.3 is 5.97 Å². The van der Waals surface area contributed by atoms with Crippen molar-refractivity contribution in [3.63, 3.8) is 0 Å². The minimum Gasteiger partial charge on any atom is -0.472 e. The molecular formula is C7H7NO4. The SMILES string of the molecule is COC(=O)C(=NO)c1ccoc1. The van der Waals surface area contributed by atoms with Crippen LogP contribution in [0.25, 0.3) is 0 Å². The van der Waals surface area contributed by atoms with Gasteiger partial charge < -0.3 is 14.4 Å². The van der Waals surface area contributed by atoms with Gasteiger partial charge in [-0.25, -0.2) is 4.79 Å². The topological polar surface area (TPSA) is 72.0 Å². The first kappa shape index (κ1) is 8.32. The van der Waals surface area contributed by atoms with Crippen molar-refractivity contribution in [2.75, 3.05) is 7.11 Å². The van der Waals surface area contributed by atoms with Crippen LogP contribution in [0.5, 0.6) is 0 Å². The van der Waals surface area contributed by atoms with Crippen LogP contribution in [0.2, 0.25) is 0 Å². The normalized spacial score (nSPS) is 11.2. The van der Waals surface area contributed by atoms with Gasteiger partial charge in [0, 0.05) is 5.56 Å². The van der Waals surface area contributed by atoms with E-state index in [1.165, 1.54) is 25.7 Å². The number of methoxy groups -OCH3 is 1. The minimum absolute atomic E-state index is 0.175. The van der Waals surface area contributed by atoms with Crippen molar-refractivity contribution in [2.24, 2.45) is 5.16 Å². The number of carbonyl (C=O) groups excluding carboxylic acids is 1. The molecule has 0 aromatic carbocycles. The quantitative estimate of drug-likeness (QED) is 0.305. The third-order valence-corrected chi connectivity index (χ3v) is 1.27. The molecule has 1 aromatic heterocycles. The Morgan fingerprint density at radius 2 is 2.50 bits per heavy atom. The third-order valence-electron chi connectivity index (χ3n) is 1.27. The zero-order valence-electron chi connectivity index (χ0n) is 6.35. The van der Waals surface area contributed by atoms with Crippen LogP contribution in [-0.2, 0) is 9.53 Å². The number of ether oxygens (including phenoxy) is 1. The monoisotopic (exact) mass is 169 g/mol. The highest BCUT2D eigenvalue weighted by atomic mass is 16.5. The molecule has 64 valence electrons. The lowest BCUT2D eigenvalue weighted by molar-refractivity contribution is -0.132. The fourth-order valence-corrected chi connectivity index (χ4v) is 0.712. The van der Waals surface area contributed by atoms with Crippen molar-refractivity contribution in [1.82, 2.24) is 0 Å². The van der Waals surface area contributed by atoms with Crippen LogP contribution >= 0.6 is 0 Å². The molecule has 0 amide bonds. The standard InChI is InChI=1S/C7H7NO4/c1-11-7(9)6(8-10)5-2-3-12-4-5/h2-4,10H,1H3. The molecule has 1 rings (SSSR count). The van der Waals surface area contributed by atoms with E-state index in [0.717, 1.165) is 0 Å². The molecule has 0 bridgehead atoms. The Labute approximate surface area is 68.2 Å². The van der Waals surface area contributed by atoms with Gasteiger partial charge in [-0.3, -0.25) is 0 Å². The Hall–Kier alpha value is -1.78. The van der Waals surface area contributed by atoms with Gasteiger partial charge in [0.05, 0.1) is 13.4 Å². The lowest BCUT2D eigenvalue weighted by Crippen LogP contribution is -2.16. The Morgan fingerprint density at radius 3 is 2.92 bits per heavy atom. The highest BCUT2D eigenvalue weighted by Crippen LogP contribution is 2.03. The van der Waals surface area contributed by atoms with E-state index in [4.69, 9.17) is 9.62 Å². The van der Waals surface area contributed by atoms with Crippen LogP contribution in [0.15, 0.2) is 28.2 Å². The Kier molecular flexibility index (Phi) is 2.47. The van der Waals surface area contributed by atoms with E-state index in [2.05, 4.69) is 9.89 Å². The Morgan fingerprint density at radius 1 is 1.75 bits per heavy atom. The number of oxime groups is 1. The molecule has 0 aliphatic carbocycles. The zero-order valence-corrected chi connectivity index (χ0v) is 6.35. The highest BCUT2D eigenvalue weighted by molar-refractivity contribution is 6.43. The number of hydrogen-bond donors (Lipinski definition) is 1. The summed E-state index contributed by atoms with van der Waals surface area (Å²) < 4.78 is 9.05. The molecule has 1 N–H and O–H groups in total. The van der Waals surface area contributed by atoms with Crippen LogP contribution in [-0.4, -0.2) is 24.0 Å². The molecule has 5 heteroatoms. The van der Waals surface area contributed by atoms with E-state index in [-0.39, 0.29) is 5.71 Å². The van der Waals surface area contributed by atoms with Crippen molar-refractivity contribution in [2.45, 2.75) is 0 Å². The Balaban J connectivity index is 2.93. The summed E-state index contributed by atoms with van der Waals surface area (Å²) in [5.74, 6) is -0.709. The van der Waals surface area contributed by atoms with Gasteiger partial charge in [-0.05, 0) is 6.07 Å². The molecule has 0 saturated heterocycles. The molecule has 1 aromatic rings. The summed E-state index contributed by atoms with van der Waals surface area (Å²) in [5.41, 5.74) is 0.204. The van der Waals surface area contributed by atoms with Gasteiger partial charge in [-0.1, -0.05) is 5.16 Å². The molecule has 0 spiro atoms. The third kappa shape index (κ3) is 1.45. The first-order valence-corrected chi connectivity index (χ1v) is 3.12. The van der Waals surface area contributed by atoms with Crippen LogP contribution in [0.1, 0.15) is 5.56 Å². The van der Waals surface area contributed by atoms with Crippen molar-refractivity contribution in [3.8, 4) is 0 Å². The van der Waals surface area contributed by atoms with Crippen molar-refractivity contribution < 1.29 is 19.2 Å². The first-order chi connectivity index (χ1) is 5.79. The molecule has 0 aliphatic rings. The molecule has 0 atom stereocenters. The maximum atomic E-state index is 10.9. The van der Waals surface area contributed by atoms with Crippen molar-refractivity contribution in [3.05, 3.63) is 24.2 Å². The molecule has 0 radical (unpaired) electrons. The summed E-state index contributed by atoms with van der Waals surface area (Å²) in [7, 11) is 1.20. The predicted octanol–water partition coefficient (Wildman–Crippen LogP) is 0.631. The highest BCUT2D eigenvalue weighted by Gasteiger charge is 2.15. The number of carbonyl (C=O) groups is 1. The lowest BCUT2D eigenvalue weighted by atomic mass is 10.2. The molecule has 5 nitrogen and oxygen atoms in total. The molecule has 1 heterocycles. The zero-order chi connectivity index (χ0) is 8.97. The molecule has 0 unspecified atom stereocenters. The summed E-state index contributed by atoms with van der Waals surface area (Å²) in [6.07, 6.45) is 2.65. The van der Waals surface area contributed by atoms with E-state index < -0.39 is 5.97 Å².